The molecule has 2 heterocycles. The smallest absolute Gasteiger partial charge is 0.255 e. The van der Waals surface area contributed by atoms with Gasteiger partial charge in [-0.3, -0.25) is 9.59 Å². The van der Waals surface area contributed by atoms with Gasteiger partial charge in [0.15, 0.2) is 0 Å². The Balaban J connectivity index is 1.86. The van der Waals surface area contributed by atoms with Gasteiger partial charge in [0.05, 0.1) is 12.5 Å². The summed E-state index contributed by atoms with van der Waals surface area (Å²) < 4.78 is 0. The fraction of sp³-hybridized carbons (Fsp3) is 0.333. The van der Waals surface area contributed by atoms with Gasteiger partial charge in [0, 0.05) is 23.0 Å². The molecule has 1 aromatic carbocycles. The minimum absolute atomic E-state index is 0.0105. The van der Waals surface area contributed by atoms with E-state index < -0.39 is 0 Å². The number of nitrogens with zero attached hydrogens (tertiary/aromatic N) is 1. The van der Waals surface area contributed by atoms with Gasteiger partial charge >= 0.3 is 0 Å². The van der Waals surface area contributed by atoms with Gasteiger partial charge in [-0.25, -0.2) is 0 Å². The van der Waals surface area contributed by atoms with Crippen LogP contribution < -0.4 is 5.32 Å². The molecule has 0 unspecified atom stereocenters. The fourth-order valence-electron chi connectivity index (χ4n) is 2.93. The number of hydrogen-bond donors (Lipinski definition) is 1. The van der Waals surface area contributed by atoms with E-state index in [0.717, 1.165) is 16.0 Å². The highest BCUT2D eigenvalue weighted by Crippen LogP contribution is 2.35. The maximum atomic E-state index is 12.7. The van der Waals surface area contributed by atoms with Crippen LogP contribution in [0.1, 0.15) is 47.1 Å². The Morgan fingerprint density at radius 1 is 1.26 bits per heavy atom. The Morgan fingerprint density at radius 2 is 2.04 bits per heavy atom. The highest BCUT2D eigenvalue weighted by Gasteiger charge is 2.34. The highest BCUT2D eigenvalue weighted by molar-refractivity contribution is 7.10. The van der Waals surface area contributed by atoms with Gasteiger partial charge < -0.3 is 10.2 Å². The first kappa shape index (κ1) is 15.7. The summed E-state index contributed by atoms with van der Waals surface area (Å²) in [4.78, 5) is 27.8. The number of rotatable bonds is 5. The molecule has 0 fully saturated rings. The van der Waals surface area contributed by atoms with E-state index in [-0.39, 0.29) is 23.9 Å². The number of amides is 2. The number of carbonyl (C=O) groups is 2. The normalized spacial score (nSPS) is 14.9. The van der Waals surface area contributed by atoms with Crippen molar-refractivity contribution in [3.8, 4) is 0 Å². The quantitative estimate of drug-likeness (QED) is 0.915. The van der Waals surface area contributed by atoms with Crippen molar-refractivity contribution in [2.75, 3.05) is 0 Å². The van der Waals surface area contributed by atoms with Gasteiger partial charge in [-0.2, -0.15) is 0 Å². The lowest BCUT2D eigenvalue weighted by atomic mass is 10.1. The molecule has 0 bridgehead atoms. The van der Waals surface area contributed by atoms with E-state index in [9.17, 15) is 9.59 Å². The SMILES string of the molecule is CC(C)NC(=O)C[C@H](c1cccs1)N1Cc2ccccc2C1=O. The Labute approximate surface area is 140 Å². The molecule has 5 heteroatoms. The summed E-state index contributed by atoms with van der Waals surface area (Å²) in [6, 6.07) is 11.5. The van der Waals surface area contributed by atoms with E-state index in [0.29, 0.717) is 13.0 Å². The number of carbonyl (C=O) groups excluding carboxylic acids is 2. The summed E-state index contributed by atoms with van der Waals surface area (Å²) in [5, 5.41) is 4.90. The molecule has 0 spiro atoms. The number of fused-ring (bicyclic) bond motifs is 1. The Bertz CT molecular complexity index is 710. The fourth-order valence-corrected chi connectivity index (χ4v) is 3.77. The van der Waals surface area contributed by atoms with Crippen LogP contribution in [0.2, 0.25) is 0 Å². The first-order valence-corrected chi connectivity index (χ1v) is 8.66. The van der Waals surface area contributed by atoms with Crippen molar-refractivity contribution >= 4 is 23.2 Å². The molecule has 23 heavy (non-hydrogen) atoms. The molecule has 1 aromatic heterocycles. The van der Waals surface area contributed by atoms with Crippen LogP contribution in [0.15, 0.2) is 41.8 Å². The second-order valence-corrected chi connectivity index (χ2v) is 7.03. The molecule has 120 valence electrons. The topological polar surface area (TPSA) is 49.4 Å². The van der Waals surface area contributed by atoms with Crippen molar-refractivity contribution in [2.24, 2.45) is 0 Å². The van der Waals surface area contributed by atoms with Crippen molar-refractivity contribution in [3.63, 3.8) is 0 Å². The maximum Gasteiger partial charge on any atom is 0.255 e. The summed E-state index contributed by atoms with van der Waals surface area (Å²) in [6.45, 7) is 4.44. The lowest BCUT2D eigenvalue weighted by Gasteiger charge is -2.27. The zero-order chi connectivity index (χ0) is 16.4. The van der Waals surface area contributed by atoms with Crippen LogP contribution in [0.3, 0.4) is 0 Å². The first-order valence-electron chi connectivity index (χ1n) is 7.78. The third-order valence-electron chi connectivity index (χ3n) is 3.93. The van der Waals surface area contributed by atoms with Crippen LogP contribution in [0.25, 0.3) is 0 Å². The number of thiophene rings is 1. The summed E-state index contributed by atoms with van der Waals surface area (Å²) in [5.41, 5.74) is 1.78. The van der Waals surface area contributed by atoms with Crippen molar-refractivity contribution in [1.29, 1.82) is 0 Å². The maximum absolute atomic E-state index is 12.7. The van der Waals surface area contributed by atoms with Gasteiger partial charge in [-0.1, -0.05) is 24.3 Å². The molecule has 0 aliphatic carbocycles. The van der Waals surface area contributed by atoms with E-state index in [1.807, 2.05) is 60.5 Å². The van der Waals surface area contributed by atoms with Crippen LogP contribution in [-0.2, 0) is 11.3 Å². The molecule has 0 saturated carbocycles. The number of nitrogens with one attached hydrogen (secondary N) is 1. The van der Waals surface area contributed by atoms with Crippen LogP contribution in [0.4, 0.5) is 0 Å². The van der Waals surface area contributed by atoms with E-state index in [4.69, 9.17) is 0 Å². The van der Waals surface area contributed by atoms with Gasteiger partial charge in [0.25, 0.3) is 5.91 Å². The lowest BCUT2D eigenvalue weighted by molar-refractivity contribution is -0.122. The van der Waals surface area contributed by atoms with Crippen molar-refractivity contribution in [3.05, 3.63) is 57.8 Å². The average molecular weight is 328 g/mol. The van der Waals surface area contributed by atoms with Crippen molar-refractivity contribution in [1.82, 2.24) is 10.2 Å². The van der Waals surface area contributed by atoms with E-state index in [2.05, 4.69) is 5.32 Å². The number of benzene rings is 1. The first-order chi connectivity index (χ1) is 11.1. The monoisotopic (exact) mass is 328 g/mol. The Hall–Kier alpha value is -2.14. The number of hydrogen-bond acceptors (Lipinski definition) is 3. The molecule has 2 aromatic rings. The zero-order valence-corrected chi connectivity index (χ0v) is 14.1. The third-order valence-corrected chi connectivity index (χ3v) is 4.90. The molecule has 4 nitrogen and oxygen atoms in total. The molecule has 0 radical (unpaired) electrons. The van der Waals surface area contributed by atoms with Crippen molar-refractivity contribution in [2.45, 2.75) is 38.9 Å². The Morgan fingerprint density at radius 3 is 2.70 bits per heavy atom. The van der Waals surface area contributed by atoms with Crippen LogP contribution in [-0.4, -0.2) is 22.8 Å². The highest BCUT2D eigenvalue weighted by atomic mass is 32.1. The zero-order valence-electron chi connectivity index (χ0n) is 13.3. The van der Waals surface area contributed by atoms with Crippen LogP contribution in [0.5, 0.6) is 0 Å². The second kappa shape index (κ2) is 6.54. The van der Waals surface area contributed by atoms with Gasteiger partial charge in [-0.15, -0.1) is 11.3 Å². The third kappa shape index (κ3) is 3.29. The lowest BCUT2D eigenvalue weighted by Crippen LogP contribution is -2.36. The molecular weight excluding hydrogens is 308 g/mol. The summed E-state index contributed by atoms with van der Waals surface area (Å²) in [5.74, 6) is -0.0153. The minimum atomic E-state index is -0.214. The molecule has 0 saturated heterocycles. The molecule has 2 amide bonds. The van der Waals surface area contributed by atoms with Crippen LogP contribution >= 0.6 is 11.3 Å². The largest absolute Gasteiger partial charge is 0.354 e. The van der Waals surface area contributed by atoms with Gasteiger partial charge in [0.1, 0.15) is 0 Å². The standard InChI is InChI=1S/C18H20N2O2S/c1-12(2)19-17(21)10-15(16-8-5-9-23-16)20-11-13-6-3-4-7-14(13)18(20)22/h3-9,12,15H,10-11H2,1-2H3,(H,19,21)/t15-/m1/s1. The van der Waals surface area contributed by atoms with Gasteiger partial charge in [-0.05, 0) is 36.9 Å². The van der Waals surface area contributed by atoms with Gasteiger partial charge in [0.2, 0.25) is 5.91 Å². The molecule has 1 atom stereocenters. The second-order valence-electron chi connectivity index (χ2n) is 6.05. The minimum Gasteiger partial charge on any atom is -0.354 e. The molecule has 1 N–H and O–H groups in total. The van der Waals surface area contributed by atoms with E-state index in [1.54, 1.807) is 11.3 Å². The van der Waals surface area contributed by atoms with E-state index >= 15 is 0 Å². The summed E-state index contributed by atoms with van der Waals surface area (Å²) >= 11 is 1.59. The Kier molecular flexibility index (Phi) is 4.48. The van der Waals surface area contributed by atoms with E-state index in [1.165, 1.54) is 0 Å². The molecule has 3 rings (SSSR count). The summed E-state index contributed by atoms with van der Waals surface area (Å²) in [6.07, 6.45) is 0.290. The molecular formula is C18H20N2O2S. The average Bonchev–Trinajstić information content (AvgIpc) is 3.13. The van der Waals surface area contributed by atoms with Crippen LogP contribution in [0, 0.1) is 0 Å². The molecule has 1 aliphatic rings. The predicted octanol–water partition coefficient (Wildman–Crippen LogP) is 3.36. The summed E-state index contributed by atoms with van der Waals surface area (Å²) in [7, 11) is 0. The predicted molar refractivity (Wildman–Crippen MR) is 91.3 cm³/mol. The van der Waals surface area contributed by atoms with Crippen molar-refractivity contribution < 1.29 is 9.59 Å². The molecule has 1 aliphatic heterocycles.